The molecular weight excluding hydrogens is 530 g/mol. The lowest BCUT2D eigenvalue weighted by molar-refractivity contribution is -0.202. The predicted molar refractivity (Wildman–Crippen MR) is 144 cm³/mol. The van der Waals surface area contributed by atoms with Gasteiger partial charge < -0.3 is 20.1 Å². The van der Waals surface area contributed by atoms with Crippen LogP contribution in [0.2, 0.25) is 0 Å². The van der Waals surface area contributed by atoms with Crippen LogP contribution in [0, 0.1) is 11.3 Å². The van der Waals surface area contributed by atoms with E-state index >= 15 is 0 Å². The number of nitrogens with one attached hydrogen (secondary N) is 1. The number of anilines is 2. The largest absolute Gasteiger partial charge is 0.454 e. The third-order valence-electron chi connectivity index (χ3n) is 9.22. The van der Waals surface area contributed by atoms with E-state index in [4.69, 9.17) is 4.74 Å². The summed E-state index contributed by atoms with van der Waals surface area (Å²) in [6.45, 7) is 1.45. The molecule has 4 saturated carbocycles. The average Bonchev–Trinajstić information content (AvgIpc) is 3.81. The molecule has 9 nitrogen and oxygen atoms in total. The molecule has 2 N–H and O–H groups in total. The maximum atomic E-state index is 13.6. The molecule has 0 aromatic carbocycles. The summed E-state index contributed by atoms with van der Waals surface area (Å²) in [6.07, 6.45) is 9.97. The first-order valence-electron chi connectivity index (χ1n) is 14.5. The number of nitrogens with zero attached hydrogens (tertiary/aromatic N) is 5. The Balaban J connectivity index is 0.941. The smallest absolute Gasteiger partial charge is 0.249 e. The van der Waals surface area contributed by atoms with E-state index in [1.807, 2.05) is 27.9 Å². The van der Waals surface area contributed by atoms with E-state index in [2.05, 4.69) is 20.4 Å². The number of amides is 1. The Morgan fingerprint density at radius 2 is 1.80 bits per heavy atom. The van der Waals surface area contributed by atoms with Crippen LogP contribution in [0.25, 0.3) is 0 Å². The van der Waals surface area contributed by atoms with Crippen LogP contribution in [0.1, 0.15) is 74.7 Å². The number of aromatic nitrogens is 4. The first-order chi connectivity index (χ1) is 19.7. The van der Waals surface area contributed by atoms with Gasteiger partial charge in [0.15, 0.2) is 5.75 Å². The third-order valence-corrected chi connectivity index (χ3v) is 9.22. The van der Waals surface area contributed by atoms with Gasteiger partial charge in [-0.1, -0.05) is 0 Å². The van der Waals surface area contributed by atoms with Crippen LogP contribution >= 0.6 is 0 Å². The first-order valence-corrected chi connectivity index (χ1v) is 14.5. The fourth-order valence-corrected chi connectivity index (χ4v) is 6.81. The van der Waals surface area contributed by atoms with Crippen LogP contribution in [0.5, 0.6) is 11.5 Å². The van der Waals surface area contributed by atoms with Crippen LogP contribution in [0.15, 0.2) is 42.9 Å². The number of likely N-dealkylation sites (tertiary alicyclic amines) is 1. The highest BCUT2D eigenvalue weighted by Crippen LogP contribution is 2.59. The third kappa shape index (κ3) is 4.64. The van der Waals surface area contributed by atoms with Gasteiger partial charge in [0.25, 0.3) is 0 Å². The Morgan fingerprint density at radius 1 is 1.05 bits per heavy atom. The number of aliphatic hydroxyl groups is 1. The second-order valence-corrected chi connectivity index (χ2v) is 12.9. The lowest BCUT2D eigenvalue weighted by Gasteiger charge is -2.62. The summed E-state index contributed by atoms with van der Waals surface area (Å²) in [4.78, 5) is 23.1. The maximum absolute atomic E-state index is 13.6. The summed E-state index contributed by atoms with van der Waals surface area (Å²) >= 11 is 0. The standard InChI is InChI=1S/C30H32F2N6O3/c31-30(32)11-19(12-30)26-23(13-38(36-26)21-3-4-21)41-22-6-8-34-25(10-22)35-20-5-7-33-24(9-20)29(40)14-28(15-29)16-37(17-28)27(39)18-1-2-18/h5-10,13,18-19,21,40H,1-4,11-12,14-17H2,(H,33,34,35). The molecule has 1 spiro atoms. The van der Waals surface area contributed by atoms with Crippen molar-refractivity contribution in [1.82, 2.24) is 24.6 Å². The van der Waals surface area contributed by atoms with E-state index in [0.717, 1.165) is 44.5 Å². The molecule has 4 aliphatic carbocycles. The Kier molecular flexibility index (Phi) is 5.34. The van der Waals surface area contributed by atoms with Crippen molar-refractivity contribution in [3.8, 4) is 11.5 Å². The van der Waals surface area contributed by atoms with Crippen molar-refractivity contribution in [3.05, 3.63) is 54.2 Å². The Labute approximate surface area is 235 Å². The molecule has 1 amide bonds. The normalized spacial score (nSPS) is 23.8. The summed E-state index contributed by atoms with van der Waals surface area (Å²) in [7, 11) is 0. The Bertz CT molecular complexity index is 1510. The van der Waals surface area contributed by atoms with E-state index in [-0.39, 0.29) is 36.0 Å². The van der Waals surface area contributed by atoms with Gasteiger partial charge in [-0.3, -0.25) is 14.5 Å². The van der Waals surface area contributed by atoms with Gasteiger partial charge >= 0.3 is 0 Å². The highest BCUT2D eigenvalue weighted by Gasteiger charge is 2.62. The number of rotatable bonds is 8. The molecule has 5 fully saturated rings. The molecule has 8 rings (SSSR count). The minimum Gasteiger partial charge on any atom is -0.454 e. The molecule has 214 valence electrons. The zero-order valence-corrected chi connectivity index (χ0v) is 22.6. The topological polar surface area (TPSA) is 105 Å². The van der Waals surface area contributed by atoms with Gasteiger partial charge in [-0.2, -0.15) is 5.10 Å². The lowest BCUT2D eigenvalue weighted by Crippen LogP contribution is -2.68. The van der Waals surface area contributed by atoms with Crippen LogP contribution < -0.4 is 10.1 Å². The zero-order chi connectivity index (χ0) is 28.0. The van der Waals surface area contributed by atoms with Gasteiger partial charge in [-0.25, -0.2) is 13.8 Å². The second kappa shape index (κ2) is 8.70. The van der Waals surface area contributed by atoms with Gasteiger partial charge in [-0.15, -0.1) is 0 Å². The quantitative estimate of drug-likeness (QED) is 0.385. The minimum atomic E-state index is -2.64. The predicted octanol–water partition coefficient (Wildman–Crippen LogP) is 5.28. The van der Waals surface area contributed by atoms with E-state index < -0.39 is 11.5 Å². The fourth-order valence-electron chi connectivity index (χ4n) is 6.81. The summed E-state index contributed by atoms with van der Waals surface area (Å²) in [5.41, 5.74) is 0.903. The summed E-state index contributed by atoms with van der Waals surface area (Å²) in [6, 6.07) is 7.44. The molecule has 0 radical (unpaired) electrons. The minimum absolute atomic E-state index is 0.000808. The van der Waals surface area contributed by atoms with Gasteiger partial charge in [0, 0.05) is 67.3 Å². The molecule has 0 unspecified atom stereocenters. The number of hydrogen-bond donors (Lipinski definition) is 2. The Morgan fingerprint density at radius 3 is 2.51 bits per heavy atom. The van der Waals surface area contributed by atoms with Crippen molar-refractivity contribution >= 4 is 17.4 Å². The van der Waals surface area contributed by atoms with Gasteiger partial charge in [-0.05, 0) is 56.7 Å². The van der Waals surface area contributed by atoms with E-state index in [0.29, 0.717) is 47.6 Å². The molecule has 4 heterocycles. The number of hydrogen-bond acceptors (Lipinski definition) is 7. The number of ether oxygens (including phenoxy) is 1. The monoisotopic (exact) mass is 562 g/mol. The van der Waals surface area contributed by atoms with Crippen molar-refractivity contribution in [2.24, 2.45) is 11.3 Å². The van der Waals surface area contributed by atoms with Crippen molar-refractivity contribution in [1.29, 1.82) is 0 Å². The summed E-state index contributed by atoms with van der Waals surface area (Å²) in [5, 5.41) is 19.2. The zero-order valence-electron chi connectivity index (χ0n) is 22.6. The first kappa shape index (κ1) is 25.1. The molecule has 41 heavy (non-hydrogen) atoms. The number of pyridine rings is 2. The van der Waals surface area contributed by atoms with Crippen LogP contribution in [0.4, 0.5) is 20.3 Å². The molecule has 1 aliphatic heterocycles. The fraction of sp³-hybridized carbons (Fsp3) is 0.533. The molecule has 3 aromatic heterocycles. The highest BCUT2D eigenvalue weighted by molar-refractivity contribution is 5.82. The number of alkyl halides is 2. The number of carbonyl (C=O) groups is 1. The summed E-state index contributed by atoms with van der Waals surface area (Å²) < 4.78 is 35.2. The van der Waals surface area contributed by atoms with Crippen molar-refractivity contribution < 1.29 is 23.4 Å². The molecule has 5 aliphatic rings. The van der Waals surface area contributed by atoms with Crippen LogP contribution in [-0.2, 0) is 10.4 Å². The van der Waals surface area contributed by atoms with Crippen LogP contribution in [-0.4, -0.2) is 54.7 Å². The Hall–Kier alpha value is -3.60. The van der Waals surface area contributed by atoms with Gasteiger partial charge in [0.2, 0.25) is 11.8 Å². The van der Waals surface area contributed by atoms with Crippen molar-refractivity contribution in [2.45, 2.75) is 74.8 Å². The van der Waals surface area contributed by atoms with Gasteiger partial charge in [0.1, 0.15) is 22.9 Å². The molecule has 1 saturated heterocycles. The lowest BCUT2D eigenvalue weighted by atomic mass is 9.54. The van der Waals surface area contributed by atoms with E-state index in [1.165, 1.54) is 0 Å². The maximum Gasteiger partial charge on any atom is 0.249 e. The summed E-state index contributed by atoms with van der Waals surface area (Å²) in [5.74, 6) is -0.880. The molecule has 3 aromatic rings. The average molecular weight is 563 g/mol. The molecule has 0 bridgehead atoms. The van der Waals surface area contributed by atoms with Crippen molar-refractivity contribution in [3.63, 3.8) is 0 Å². The highest BCUT2D eigenvalue weighted by atomic mass is 19.3. The second-order valence-electron chi connectivity index (χ2n) is 12.9. The van der Waals surface area contributed by atoms with E-state index in [1.54, 1.807) is 24.5 Å². The number of halogens is 2. The SMILES string of the molecule is O=C(C1CC1)N1CC2(C1)CC(O)(c1cc(Nc3cc(Oc4cn(C5CC5)nc4C4CC(F)(F)C4)ccn3)ccn1)C2. The molecule has 0 atom stereocenters. The van der Waals surface area contributed by atoms with Crippen molar-refractivity contribution in [2.75, 3.05) is 18.4 Å². The number of carbonyl (C=O) groups excluding carboxylic acids is 1. The van der Waals surface area contributed by atoms with E-state index in [9.17, 15) is 18.7 Å². The van der Waals surface area contributed by atoms with Crippen LogP contribution in [0.3, 0.4) is 0 Å². The molecule has 11 heteroatoms. The van der Waals surface area contributed by atoms with Gasteiger partial charge in [0.05, 0.1) is 17.9 Å². The molecular formula is C30H32F2N6O3.